The predicted octanol–water partition coefficient (Wildman–Crippen LogP) is 3.67. The lowest BCUT2D eigenvalue weighted by molar-refractivity contribution is 0.0920. The Labute approximate surface area is 121 Å². The summed E-state index contributed by atoms with van der Waals surface area (Å²) in [7, 11) is 0. The minimum atomic E-state index is 0.0430. The van der Waals surface area contributed by atoms with Gasteiger partial charge in [-0.15, -0.1) is 0 Å². The van der Waals surface area contributed by atoms with Crippen molar-refractivity contribution in [3.05, 3.63) is 29.3 Å². The lowest BCUT2D eigenvalue weighted by atomic mass is 9.83. The summed E-state index contributed by atoms with van der Waals surface area (Å²) >= 11 is 0. The third-order valence-electron chi connectivity index (χ3n) is 4.37. The first-order valence-electron chi connectivity index (χ1n) is 7.77. The third kappa shape index (κ3) is 3.75. The molecule has 1 saturated carbocycles. The smallest absolute Gasteiger partial charge is 0.251 e. The molecule has 3 N–H and O–H groups in total. The molecule has 1 aliphatic carbocycles. The highest BCUT2D eigenvalue weighted by Gasteiger charge is 2.22. The molecule has 0 aliphatic heterocycles. The number of carbonyl (C=O) groups excluding carboxylic acids is 1. The number of benzene rings is 1. The molecule has 0 radical (unpaired) electrons. The van der Waals surface area contributed by atoms with Crippen molar-refractivity contribution in [1.29, 1.82) is 0 Å². The molecule has 0 aromatic heterocycles. The number of rotatable bonds is 4. The van der Waals surface area contributed by atoms with E-state index >= 15 is 0 Å². The van der Waals surface area contributed by atoms with Gasteiger partial charge in [-0.1, -0.05) is 19.8 Å². The Morgan fingerprint density at radius 3 is 2.60 bits per heavy atom. The Bertz CT molecular complexity index is 462. The van der Waals surface area contributed by atoms with Crippen LogP contribution in [0.1, 0.15) is 61.4 Å². The summed E-state index contributed by atoms with van der Waals surface area (Å²) in [5.41, 5.74) is 8.12. The molecule has 0 atom stereocenters. The van der Waals surface area contributed by atoms with Crippen molar-refractivity contribution in [2.75, 3.05) is 5.73 Å². The minimum absolute atomic E-state index is 0.0430. The first kappa shape index (κ1) is 14.9. The Morgan fingerprint density at radius 2 is 2.00 bits per heavy atom. The van der Waals surface area contributed by atoms with Crippen molar-refractivity contribution >= 4 is 11.6 Å². The fourth-order valence-corrected chi connectivity index (χ4v) is 3.21. The van der Waals surface area contributed by atoms with E-state index < -0.39 is 0 Å². The average molecular weight is 274 g/mol. The van der Waals surface area contributed by atoms with E-state index in [4.69, 9.17) is 5.73 Å². The molecular formula is C17H26N2O. The van der Waals surface area contributed by atoms with Crippen LogP contribution in [0.5, 0.6) is 0 Å². The zero-order chi connectivity index (χ0) is 14.5. The summed E-state index contributed by atoms with van der Waals surface area (Å²) in [6.07, 6.45) is 7.33. The van der Waals surface area contributed by atoms with E-state index in [1.807, 2.05) is 19.1 Å². The van der Waals surface area contributed by atoms with Crippen molar-refractivity contribution in [1.82, 2.24) is 5.32 Å². The summed E-state index contributed by atoms with van der Waals surface area (Å²) < 4.78 is 0. The van der Waals surface area contributed by atoms with E-state index in [2.05, 4.69) is 12.2 Å². The fourth-order valence-electron chi connectivity index (χ4n) is 3.21. The Morgan fingerprint density at radius 1 is 1.30 bits per heavy atom. The highest BCUT2D eigenvalue weighted by Crippen LogP contribution is 2.28. The SMILES string of the molecule is CCCC1CCC(NC(=O)c2ccc(N)cc2C)CC1. The van der Waals surface area contributed by atoms with E-state index in [9.17, 15) is 4.79 Å². The summed E-state index contributed by atoms with van der Waals surface area (Å²) in [5, 5.41) is 3.18. The third-order valence-corrected chi connectivity index (χ3v) is 4.37. The summed E-state index contributed by atoms with van der Waals surface area (Å²) in [4.78, 5) is 12.3. The number of aryl methyl sites for hydroxylation is 1. The maximum atomic E-state index is 12.3. The van der Waals surface area contributed by atoms with Crippen molar-refractivity contribution < 1.29 is 4.79 Å². The van der Waals surface area contributed by atoms with Gasteiger partial charge in [0.1, 0.15) is 0 Å². The van der Waals surface area contributed by atoms with Gasteiger partial charge >= 0.3 is 0 Å². The normalized spacial score (nSPS) is 22.5. The number of amides is 1. The van der Waals surface area contributed by atoms with Crippen LogP contribution in [-0.2, 0) is 0 Å². The maximum Gasteiger partial charge on any atom is 0.251 e. The largest absolute Gasteiger partial charge is 0.399 e. The molecule has 0 saturated heterocycles. The zero-order valence-electron chi connectivity index (χ0n) is 12.6. The van der Waals surface area contributed by atoms with Crippen LogP contribution in [0.3, 0.4) is 0 Å². The predicted molar refractivity (Wildman–Crippen MR) is 83.7 cm³/mol. The molecule has 0 bridgehead atoms. The van der Waals surface area contributed by atoms with E-state index in [-0.39, 0.29) is 5.91 Å². The van der Waals surface area contributed by atoms with Crippen LogP contribution in [0.15, 0.2) is 18.2 Å². The highest BCUT2D eigenvalue weighted by atomic mass is 16.1. The van der Waals surface area contributed by atoms with Gasteiger partial charge in [0.15, 0.2) is 0 Å². The van der Waals surface area contributed by atoms with E-state index in [1.54, 1.807) is 6.07 Å². The van der Waals surface area contributed by atoms with Crippen molar-refractivity contribution in [3.8, 4) is 0 Å². The molecule has 1 aromatic rings. The van der Waals surface area contributed by atoms with E-state index in [1.165, 1.54) is 25.7 Å². The first-order valence-corrected chi connectivity index (χ1v) is 7.77. The maximum absolute atomic E-state index is 12.3. The summed E-state index contributed by atoms with van der Waals surface area (Å²) in [5.74, 6) is 0.910. The van der Waals surface area contributed by atoms with Crippen LogP contribution in [-0.4, -0.2) is 11.9 Å². The molecule has 1 aromatic carbocycles. The second kappa shape index (κ2) is 6.78. The van der Waals surface area contributed by atoms with Gasteiger partial charge < -0.3 is 11.1 Å². The van der Waals surface area contributed by atoms with Gasteiger partial charge in [0.25, 0.3) is 5.91 Å². The lowest BCUT2D eigenvalue weighted by Gasteiger charge is -2.29. The molecule has 0 heterocycles. The Hall–Kier alpha value is -1.51. The van der Waals surface area contributed by atoms with E-state index in [0.717, 1.165) is 29.9 Å². The number of nitrogen functional groups attached to an aromatic ring is 1. The molecule has 0 spiro atoms. The second-order valence-electron chi connectivity index (χ2n) is 6.05. The van der Waals surface area contributed by atoms with E-state index in [0.29, 0.717) is 11.7 Å². The second-order valence-corrected chi connectivity index (χ2v) is 6.05. The van der Waals surface area contributed by atoms with Gasteiger partial charge in [0.05, 0.1) is 0 Å². The summed E-state index contributed by atoms with van der Waals surface area (Å²) in [6.45, 7) is 4.18. The molecule has 1 fully saturated rings. The fraction of sp³-hybridized carbons (Fsp3) is 0.588. The molecular weight excluding hydrogens is 248 g/mol. The van der Waals surface area contributed by atoms with Crippen LogP contribution in [0.25, 0.3) is 0 Å². The summed E-state index contributed by atoms with van der Waals surface area (Å²) in [6, 6.07) is 5.81. The van der Waals surface area contributed by atoms with Crippen LogP contribution in [0, 0.1) is 12.8 Å². The number of hydrogen-bond donors (Lipinski definition) is 2. The number of hydrogen-bond acceptors (Lipinski definition) is 2. The standard InChI is InChI=1S/C17H26N2O/c1-3-4-13-5-8-15(9-6-13)19-17(20)16-10-7-14(18)11-12(16)2/h7,10-11,13,15H,3-6,8-9,18H2,1-2H3,(H,19,20). The topological polar surface area (TPSA) is 55.1 Å². The van der Waals surface area contributed by atoms with Crippen LogP contribution < -0.4 is 11.1 Å². The van der Waals surface area contributed by atoms with Crippen LogP contribution in [0.2, 0.25) is 0 Å². The monoisotopic (exact) mass is 274 g/mol. The molecule has 1 aliphatic rings. The molecule has 2 rings (SSSR count). The number of anilines is 1. The van der Waals surface area contributed by atoms with Crippen molar-refractivity contribution in [2.24, 2.45) is 5.92 Å². The quantitative estimate of drug-likeness (QED) is 0.823. The van der Waals surface area contributed by atoms with Crippen LogP contribution in [0.4, 0.5) is 5.69 Å². The minimum Gasteiger partial charge on any atom is -0.399 e. The van der Waals surface area contributed by atoms with Crippen LogP contribution >= 0.6 is 0 Å². The lowest BCUT2D eigenvalue weighted by Crippen LogP contribution is -2.37. The molecule has 0 unspecified atom stereocenters. The molecule has 1 amide bonds. The van der Waals surface area contributed by atoms with Gasteiger partial charge in [0.2, 0.25) is 0 Å². The first-order chi connectivity index (χ1) is 9.60. The van der Waals surface area contributed by atoms with Gasteiger partial charge in [-0.05, 0) is 62.3 Å². The molecule has 3 heteroatoms. The van der Waals surface area contributed by atoms with Gasteiger partial charge in [-0.3, -0.25) is 4.79 Å². The number of nitrogens with two attached hydrogens (primary N) is 1. The Kier molecular flexibility index (Phi) is 5.05. The van der Waals surface area contributed by atoms with Gasteiger partial charge in [0, 0.05) is 17.3 Å². The molecule has 110 valence electrons. The van der Waals surface area contributed by atoms with Crippen molar-refractivity contribution in [3.63, 3.8) is 0 Å². The van der Waals surface area contributed by atoms with Gasteiger partial charge in [-0.2, -0.15) is 0 Å². The van der Waals surface area contributed by atoms with Gasteiger partial charge in [-0.25, -0.2) is 0 Å². The molecule has 3 nitrogen and oxygen atoms in total. The zero-order valence-corrected chi connectivity index (χ0v) is 12.6. The molecule has 20 heavy (non-hydrogen) atoms. The van der Waals surface area contributed by atoms with Crippen molar-refractivity contribution in [2.45, 2.75) is 58.4 Å². The number of nitrogens with one attached hydrogen (secondary N) is 1. The number of carbonyl (C=O) groups is 1. The Balaban J connectivity index is 1.89. The highest BCUT2D eigenvalue weighted by molar-refractivity contribution is 5.96. The average Bonchev–Trinajstić information content (AvgIpc) is 2.41.